The number of methoxy groups -OCH3 is 1. The van der Waals surface area contributed by atoms with Gasteiger partial charge in [-0.3, -0.25) is 0 Å². The Labute approximate surface area is 225 Å². The highest BCUT2D eigenvalue weighted by atomic mass is 16.7. The van der Waals surface area contributed by atoms with E-state index in [1.807, 2.05) is 6.92 Å². The molecular weight excluding hydrogens is 488 g/mol. The summed E-state index contributed by atoms with van der Waals surface area (Å²) in [4.78, 5) is 24.8. The van der Waals surface area contributed by atoms with E-state index in [-0.39, 0.29) is 53.4 Å². The molecule has 2 N–H and O–H groups in total. The highest BCUT2D eigenvalue weighted by Crippen LogP contribution is 2.69. The molecule has 5 unspecified atom stereocenters. The first-order valence-corrected chi connectivity index (χ1v) is 14.7. The van der Waals surface area contributed by atoms with E-state index in [2.05, 4.69) is 6.92 Å². The molecule has 0 aromatic rings. The van der Waals surface area contributed by atoms with Gasteiger partial charge in [0.15, 0.2) is 6.29 Å². The van der Waals surface area contributed by atoms with Crippen LogP contribution in [0.15, 0.2) is 11.6 Å². The molecule has 38 heavy (non-hydrogen) atoms. The Morgan fingerprint density at radius 3 is 2.61 bits per heavy atom. The molecule has 0 radical (unpaired) electrons. The second-order valence-electron chi connectivity index (χ2n) is 13.3. The molecule has 0 bridgehead atoms. The third kappa shape index (κ3) is 3.88. The van der Waals surface area contributed by atoms with Crippen LogP contribution in [-0.2, 0) is 28.5 Å². The Bertz CT molecular complexity index is 981. The summed E-state index contributed by atoms with van der Waals surface area (Å²) in [6.45, 7) is 4.40. The number of rotatable bonds is 5. The van der Waals surface area contributed by atoms with Gasteiger partial charge in [0.25, 0.3) is 0 Å². The molecule has 212 valence electrons. The summed E-state index contributed by atoms with van der Waals surface area (Å²) in [6.07, 6.45) is 9.21. The van der Waals surface area contributed by atoms with Gasteiger partial charge in [-0.05, 0) is 94.0 Å². The van der Waals surface area contributed by atoms with Crippen LogP contribution in [0.5, 0.6) is 0 Å². The number of aliphatic hydroxyl groups excluding tert-OH is 1. The number of carbonyl (C=O) groups excluding carboxylic acids is 2. The molecule has 0 aromatic carbocycles. The lowest BCUT2D eigenvalue weighted by Gasteiger charge is -2.63. The molecule has 4 aliphatic carbocycles. The molecule has 2 aliphatic heterocycles. The molecule has 0 spiro atoms. The van der Waals surface area contributed by atoms with Gasteiger partial charge in [-0.25, -0.2) is 4.79 Å². The van der Waals surface area contributed by atoms with Crippen LogP contribution < -0.4 is 0 Å². The van der Waals surface area contributed by atoms with E-state index >= 15 is 0 Å². The Hall–Kier alpha value is -1.32. The van der Waals surface area contributed by atoms with E-state index in [4.69, 9.17) is 18.9 Å². The summed E-state index contributed by atoms with van der Waals surface area (Å²) in [5, 5.41) is 22.7. The monoisotopic (exact) mass is 532 g/mol. The summed E-state index contributed by atoms with van der Waals surface area (Å²) in [7, 11) is 1.61. The number of hydrogen-bond donors (Lipinski definition) is 2. The van der Waals surface area contributed by atoms with Crippen molar-refractivity contribution in [2.24, 2.45) is 34.5 Å². The summed E-state index contributed by atoms with van der Waals surface area (Å²) in [5.74, 6) is 0.384. The predicted octanol–water partition coefficient (Wildman–Crippen LogP) is 3.32. The van der Waals surface area contributed by atoms with E-state index in [0.717, 1.165) is 63.4 Å². The summed E-state index contributed by atoms with van der Waals surface area (Å²) >= 11 is 0. The van der Waals surface area contributed by atoms with Crippen molar-refractivity contribution in [3.63, 3.8) is 0 Å². The SMILES string of the molecule is COC1CC(O[C@H]2CC[C@@]3(C=O)[C@H](CC[C@@H]4[C@@H]3CC[C@]3(C)C(C5=CC(=O)OC5)CC[C@]43O)C2)OC(C)C1O. The van der Waals surface area contributed by atoms with Crippen LogP contribution in [0.4, 0.5) is 0 Å². The van der Waals surface area contributed by atoms with E-state index < -0.39 is 23.4 Å². The third-order valence-corrected chi connectivity index (χ3v) is 12.0. The van der Waals surface area contributed by atoms with E-state index in [1.54, 1.807) is 13.2 Å². The number of carbonyl (C=O) groups is 2. The molecule has 2 heterocycles. The van der Waals surface area contributed by atoms with Gasteiger partial charge in [-0.1, -0.05) is 6.92 Å². The quantitative estimate of drug-likeness (QED) is 0.315. The highest BCUT2D eigenvalue weighted by Gasteiger charge is 2.68. The molecule has 8 heteroatoms. The summed E-state index contributed by atoms with van der Waals surface area (Å²) < 4.78 is 23.1. The number of ether oxygens (including phenoxy) is 4. The van der Waals surface area contributed by atoms with Crippen molar-refractivity contribution in [1.82, 2.24) is 0 Å². The molecule has 4 saturated carbocycles. The minimum absolute atomic E-state index is 0.00854. The molecule has 8 nitrogen and oxygen atoms in total. The van der Waals surface area contributed by atoms with E-state index in [0.29, 0.717) is 13.0 Å². The average molecular weight is 533 g/mol. The molecular formula is C30H44O8. The van der Waals surface area contributed by atoms with Gasteiger partial charge < -0.3 is 34.0 Å². The minimum Gasteiger partial charge on any atom is -0.458 e. The normalized spacial score (nSPS) is 52.4. The van der Waals surface area contributed by atoms with Gasteiger partial charge >= 0.3 is 5.97 Å². The van der Waals surface area contributed by atoms with Crippen LogP contribution in [0.25, 0.3) is 0 Å². The second-order valence-corrected chi connectivity index (χ2v) is 13.3. The topological polar surface area (TPSA) is 112 Å². The first kappa shape index (κ1) is 26.9. The van der Waals surface area contributed by atoms with Gasteiger partial charge in [0.1, 0.15) is 19.0 Å². The van der Waals surface area contributed by atoms with Gasteiger partial charge in [0, 0.05) is 30.4 Å². The van der Waals surface area contributed by atoms with Crippen LogP contribution in [0.1, 0.15) is 78.1 Å². The molecule has 1 saturated heterocycles. The Kier molecular flexibility index (Phi) is 6.83. The smallest absolute Gasteiger partial charge is 0.331 e. The average Bonchev–Trinajstić information content (AvgIpc) is 3.45. The maximum absolute atomic E-state index is 13.0. The van der Waals surface area contributed by atoms with Crippen molar-refractivity contribution < 1.29 is 38.7 Å². The molecule has 5 fully saturated rings. The van der Waals surface area contributed by atoms with Crippen LogP contribution in [0.3, 0.4) is 0 Å². The van der Waals surface area contributed by atoms with Crippen LogP contribution in [0.2, 0.25) is 0 Å². The lowest BCUT2D eigenvalue weighted by Crippen LogP contribution is -2.63. The van der Waals surface area contributed by atoms with Crippen molar-refractivity contribution >= 4 is 12.3 Å². The fourth-order valence-corrected chi connectivity index (χ4v) is 9.96. The largest absolute Gasteiger partial charge is 0.458 e. The lowest BCUT2D eigenvalue weighted by atomic mass is 9.43. The van der Waals surface area contributed by atoms with Gasteiger partial charge in [-0.15, -0.1) is 0 Å². The number of cyclic esters (lactones) is 1. The van der Waals surface area contributed by atoms with Gasteiger partial charge in [0.05, 0.1) is 23.9 Å². The van der Waals surface area contributed by atoms with Crippen molar-refractivity contribution in [3.05, 3.63) is 11.6 Å². The van der Waals surface area contributed by atoms with Crippen LogP contribution in [-0.4, -0.2) is 72.5 Å². The summed E-state index contributed by atoms with van der Waals surface area (Å²) in [6, 6.07) is 0. The maximum atomic E-state index is 13.0. The Morgan fingerprint density at radius 1 is 1.08 bits per heavy atom. The number of esters is 1. The van der Waals surface area contributed by atoms with Gasteiger partial charge in [-0.2, -0.15) is 0 Å². The Morgan fingerprint density at radius 2 is 1.89 bits per heavy atom. The van der Waals surface area contributed by atoms with Crippen molar-refractivity contribution in [2.45, 2.75) is 114 Å². The van der Waals surface area contributed by atoms with Crippen LogP contribution >= 0.6 is 0 Å². The molecule has 6 rings (SSSR count). The standard InChI is InChI=1S/C30H44O8/c1-17-27(33)24(35-3)14-26(37-17)38-20-6-10-29(16-31)19(13-20)4-5-23-22(29)7-9-28(2)21(8-11-30(23,28)34)18-12-25(32)36-15-18/h12,16-17,19-24,26-27,33-34H,4-11,13-15H2,1-3H3/t17?,19-,20+,21?,22+,23-,24?,26?,27?,28-,29-,30+/m1/s1. The zero-order valence-electron chi connectivity index (χ0n) is 23.0. The fraction of sp³-hybridized carbons (Fsp3) is 0.867. The van der Waals surface area contributed by atoms with Crippen molar-refractivity contribution in [1.29, 1.82) is 0 Å². The first-order chi connectivity index (χ1) is 18.1. The lowest BCUT2D eigenvalue weighted by molar-refractivity contribution is -0.272. The number of fused-ring (bicyclic) bond motifs is 5. The number of hydrogen-bond acceptors (Lipinski definition) is 8. The number of aliphatic hydroxyl groups is 2. The zero-order chi connectivity index (χ0) is 26.9. The summed E-state index contributed by atoms with van der Waals surface area (Å²) in [5.41, 5.74) is -0.521. The minimum atomic E-state index is -0.830. The fourth-order valence-electron chi connectivity index (χ4n) is 9.96. The van der Waals surface area contributed by atoms with E-state index in [1.165, 1.54) is 6.29 Å². The van der Waals surface area contributed by atoms with Crippen LogP contribution in [0, 0.1) is 34.5 Å². The van der Waals surface area contributed by atoms with Crippen molar-refractivity contribution in [2.75, 3.05) is 13.7 Å². The third-order valence-electron chi connectivity index (χ3n) is 12.0. The van der Waals surface area contributed by atoms with Gasteiger partial charge in [0.2, 0.25) is 0 Å². The molecule has 0 aromatic heterocycles. The Balaban J connectivity index is 1.18. The molecule has 6 aliphatic rings. The zero-order valence-corrected chi connectivity index (χ0v) is 23.0. The second kappa shape index (κ2) is 9.65. The maximum Gasteiger partial charge on any atom is 0.331 e. The van der Waals surface area contributed by atoms with Crippen molar-refractivity contribution in [3.8, 4) is 0 Å². The first-order valence-electron chi connectivity index (χ1n) is 14.7. The number of aldehydes is 1. The molecule has 12 atom stereocenters. The molecule has 0 amide bonds. The predicted molar refractivity (Wildman–Crippen MR) is 137 cm³/mol. The highest BCUT2D eigenvalue weighted by molar-refractivity contribution is 5.85. The van der Waals surface area contributed by atoms with E-state index in [9.17, 15) is 19.8 Å².